The van der Waals surface area contributed by atoms with Gasteiger partial charge in [0.05, 0.1) is 6.04 Å². The van der Waals surface area contributed by atoms with Crippen molar-refractivity contribution in [2.24, 2.45) is 0 Å². The van der Waals surface area contributed by atoms with Gasteiger partial charge in [0.25, 0.3) is 5.91 Å². The highest BCUT2D eigenvalue weighted by Gasteiger charge is 2.11. The molecule has 3 rings (SSSR count). The smallest absolute Gasteiger partial charge is 0.274 e. The van der Waals surface area contributed by atoms with Crippen LogP contribution in [0.15, 0.2) is 66.9 Å². The number of aromatic nitrogens is 2. The molecule has 0 aliphatic carbocycles. The summed E-state index contributed by atoms with van der Waals surface area (Å²) in [7, 11) is 0. The van der Waals surface area contributed by atoms with E-state index in [-0.39, 0.29) is 11.9 Å². The Hall–Kier alpha value is -3.21. The van der Waals surface area contributed by atoms with Crippen molar-refractivity contribution in [3.63, 3.8) is 0 Å². The molecular weight excluding hydrogens is 312 g/mol. The number of anilines is 2. The lowest BCUT2D eigenvalue weighted by molar-refractivity contribution is 0.102. The van der Waals surface area contributed by atoms with E-state index in [0.717, 1.165) is 16.8 Å². The van der Waals surface area contributed by atoms with E-state index in [1.54, 1.807) is 12.3 Å². The molecular formula is C20H20N4O. The van der Waals surface area contributed by atoms with Gasteiger partial charge in [0.2, 0.25) is 5.95 Å². The molecule has 1 unspecified atom stereocenters. The van der Waals surface area contributed by atoms with Gasteiger partial charge in [-0.25, -0.2) is 9.97 Å². The first kappa shape index (κ1) is 16.6. The Labute approximate surface area is 147 Å². The highest BCUT2D eigenvalue weighted by molar-refractivity contribution is 6.03. The summed E-state index contributed by atoms with van der Waals surface area (Å²) in [5.41, 5.74) is 3.27. The Morgan fingerprint density at radius 2 is 1.84 bits per heavy atom. The monoisotopic (exact) mass is 332 g/mol. The number of carbonyl (C=O) groups excluding carboxylic acids is 1. The number of nitrogens with zero attached hydrogens (tertiary/aromatic N) is 2. The molecule has 2 aromatic carbocycles. The van der Waals surface area contributed by atoms with Gasteiger partial charge in [-0.2, -0.15) is 0 Å². The van der Waals surface area contributed by atoms with Crippen LogP contribution in [-0.4, -0.2) is 15.9 Å². The molecule has 1 aromatic heterocycles. The second-order valence-corrected chi connectivity index (χ2v) is 5.87. The molecule has 0 aliphatic heterocycles. The van der Waals surface area contributed by atoms with Crippen molar-refractivity contribution in [2.75, 3.05) is 10.6 Å². The van der Waals surface area contributed by atoms with Gasteiger partial charge in [-0.3, -0.25) is 4.79 Å². The fourth-order valence-electron chi connectivity index (χ4n) is 2.49. The third-order valence-electron chi connectivity index (χ3n) is 3.81. The van der Waals surface area contributed by atoms with Crippen LogP contribution in [0, 0.1) is 6.92 Å². The predicted octanol–water partition coefficient (Wildman–Crippen LogP) is 4.21. The van der Waals surface area contributed by atoms with E-state index in [1.807, 2.05) is 68.4 Å². The van der Waals surface area contributed by atoms with Crippen molar-refractivity contribution in [3.8, 4) is 0 Å². The lowest BCUT2D eigenvalue weighted by Crippen LogP contribution is -2.16. The van der Waals surface area contributed by atoms with E-state index in [1.165, 1.54) is 0 Å². The first-order chi connectivity index (χ1) is 12.1. The van der Waals surface area contributed by atoms with E-state index in [9.17, 15) is 4.79 Å². The van der Waals surface area contributed by atoms with Crippen LogP contribution >= 0.6 is 0 Å². The number of hydrogen-bond donors (Lipinski definition) is 2. The minimum Gasteiger partial charge on any atom is -0.348 e. The van der Waals surface area contributed by atoms with E-state index in [4.69, 9.17) is 0 Å². The van der Waals surface area contributed by atoms with Gasteiger partial charge >= 0.3 is 0 Å². The Morgan fingerprint density at radius 1 is 1.04 bits per heavy atom. The summed E-state index contributed by atoms with van der Waals surface area (Å²) in [5, 5.41) is 6.08. The Bertz CT molecular complexity index is 864. The Morgan fingerprint density at radius 3 is 2.60 bits per heavy atom. The van der Waals surface area contributed by atoms with Crippen LogP contribution in [0.1, 0.15) is 34.6 Å². The summed E-state index contributed by atoms with van der Waals surface area (Å²) in [6.07, 6.45) is 1.58. The predicted molar refractivity (Wildman–Crippen MR) is 99.6 cm³/mol. The molecule has 1 heterocycles. The summed E-state index contributed by atoms with van der Waals surface area (Å²) >= 11 is 0. The molecule has 1 atom stereocenters. The SMILES string of the molecule is Cc1cccc(NC(=O)c2ccnc(NC(C)c3ccccc3)n2)c1. The number of hydrogen-bond acceptors (Lipinski definition) is 4. The Kier molecular flexibility index (Phi) is 5.04. The minimum atomic E-state index is -0.261. The minimum absolute atomic E-state index is 0.0382. The molecule has 126 valence electrons. The quantitative estimate of drug-likeness (QED) is 0.734. The highest BCUT2D eigenvalue weighted by Crippen LogP contribution is 2.16. The number of nitrogens with one attached hydrogen (secondary N) is 2. The topological polar surface area (TPSA) is 66.9 Å². The fourth-order valence-corrected chi connectivity index (χ4v) is 2.49. The van der Waals surface area contributed by atoms with Crippen LogP contribution in [0.25, 0.3) is 0 Å². The highest BCUT2D eigenvalue weighted by atomic mass is 16.1. The summed E-state index contributed by atoms with van der Waals surface area (Å²) in [5.74, 6) is 0.164. The van der Waals surface area contributed by atoms with Gasteiger partial charge in [-0.05, 0) is 43.2 Å². The molecule has 0 radical (unpaired) electrons. The lowest BCUT2D eigenvalue weighted by Gasteiger charge is -2.14. The third kappa shape index (κ3) is 4.41. The molecule has 0 saturated heterocycles. The second-order valence-electron chi connectivity index (χ2n) is 5.87. The van der Waals surface area contributed by atoms with Crippen LogP contribution in [0.5, 0.6) is 0 Å². The van der Waals surface area contributed by atoms with Crippen LogP contribution in [-0.2, 0) is 0 Å². The molecule has 0 bridgehead atoms. The Balaban J connectivity index is 1.71. The largest absolute Gasteiger partial charge is 0.348 e. The van der Waals surface area contributed by atoms with Crippen molar-refractivity contribution < 1.29 is 4.79 Å². The molecule has 3 aromatic rings. The van der Waals surface area contributed by atoms with Crippen LogP contribution < -0.4 is 10.6 Å². The first-order valence-corrected chi connectivity index (χ1v) is 8.14. The molecule has 5 heteroatoms. The maximum Gasteiger partial charge on any atom is 0.274 e. The number of amides is 1. The average molecular weight is 332 g/mol. The van der Waals surface area contributed by atoms with E-state index >= 15 is 0 Å². The van der Waals surface area contributed by atoms with Crippen LogP contribution in [0.3, 0.4) is 0 Å². The zero-order chi connectivity index (χ0) is 17.6. The molecule has 0 aliphatic rings. The van der Waals surface area contributed by atoms with Crippen molar-refractivity contribution in [1.82, 2.24) is 9.97 Å². The summed E-state index contributed by atoms with van der Waals surface area (Å²) in [6, 6.07) is 19.3. The van der Waals surface area contributed by atoms with Crippen molar-refractivity contribution in [2.45, 2.75) is 19.9 Å². The molecule has 0 saturated carbocycles. The lowest BCUT2D eigenvalue weighted by atomic mass is 10.1. The molecule has 5 nitrogen and oxygen atoms in total. The second kappa shape index (κ2) is 7.57. The van der Waals surface area contributed by atoms with Crippen molar-refractivity contribution >= 4 is 17.5 Å². The fraction of sp³-hybridized carbons (Fsp3) is 0.150. The van der Waals surface area contributed by atoms with Gasteiger partial charge in [0.1, 0.15) is 5.69 Å². The van der Waals surface area contributed by atoms with Crippen molar-refractivity contribution in [1.29, 1.82) is 0 Å². The normalized spacial score (nSPS) is 11.6. The van der Waals surface area contributed by atoms with Crippen molar-refractivity contribution in [3.05, 3.63) is 83.7 Å². The maximum atomic E-state index is 12.4. The standard InChI is InChI=1S/C20H20N4O/c1-14-7-6-10-17(13-14)23-19(25)18-11-12-21-20(24-18)22-15(2)16-8-4-3-5-9-16/h3-13,15H,1-2H3,(H,23,25)(H,21,22,24). The number of benzene rings is 2. The zero-order valence-corrected chi connectivity index (χ0v) is 14.2. The zero-order valence-electron chi connectivity index (χ0n) is 14.2. The van der Waals surface area contributed by atoms with E-state index in [0.29, 0.717) is 11.6 Å². The van der Waals surface area contributed by atoms with E-state index in [2.05, 4.69) is 20.6 Å². The van der Waals surface area contributed by atoms with E-state index < -0.39 is 0 Å². The molecule has 0 fully saturated rings. The van der Waals surface area contributed by atoms with Gasteiger partial charge in [0, 0.05) is 11.9 Å². The van der Waals surface area contributed by atoms with Crippen LogP contribution in [0.4, 0.5) is 11.6 Å². The molecule has 1 amide bonds. The summed E-state index contributed by atoms with van der Waals surface area (Å²) in [6.45, 7) is 4.01. The van der Waals surface area contributed by atoms with Gasteiger partial charge in [0.15, 0.2) is 0 Å². The van der Waals surface area contributed by atoms with Gasteiger partial charge < -0.3 is 10.6 Å². The molecule has 25 heavy (non-hydrogen) atoms. The first-order valence-electron chi connectivity index (χ1n) is 8.14. The molecule has 2 N–H and O–H groups in total. The number of carbonyl (C=O) groups is 1. The van der Waals surface area contributed by atoms with Gasteiger partial charge in [-0.1, -0.05) is 42.5 Å². The molecule has 0 spiro atoms. The van der Waals surface area contributed by atoms with Gasteiger partial charge in [-0.15, -0.1) is 0 Å². The average Bonchev–Trinajstić information content (AvgIpc) is 2.62. The number of aryl methyl sites for hydroxylation is 1. The summed E-state index contributed by atoms with van der Waals surface area (Å²) in [4.78, 5) is 20.9. The van der Waals surface area contributed by atoms with Crippen LogP contribution in [0.2, 0.25) is 0 Å². The maximum absolute atomic E-state index is 12.4. The third-order valence-corrected chi connectivity index (χ3v) is 3.81. The number of rotatable bonds is 5. The summed E-state index contributed by atoms with van der Waals surface area (Å²) < 4.78 is 0.